The second kappa shape index (κ2) is 5.85. The summed E-state index contributed by atoms with van der Waals surface area (Å²) in [6.07, 6.45) is 4.68. The summed E-state index contributed by atoms with van der Waals surface area (Å²) in [6, 6.07) is 7.18. The average molecular weight is 296 g/mol. The molecule has 0 saturated carbocycles. The SMILES string of the molecule is CCn1ncc(NC(=O)c2ccc(-c3cnco3)cc2)c1C. The van der Waals surface area contributed by atoms with Crippen LogP contribution in [0.4, 0.5) is 5.69 Å². The second-order valence-corrected chi connectivity index (χ2v) is 4.86. The van der Waals surface area contributed by atoms with Gasteiger partial charge in [-0.3, -0.25) is 9.48 Å². The standard InChI is InChI=1S/C16H16N4O2/c1-3-20-11(2)14(8-18-20)19-16(21)13-6-4-12(5-7-13)15-9-17-10-22-15/h4-10H,3H2,1-2H3,(H,19,21). The third kappa shape index (κ3) is 2.63. The number of oxazole rings is 1. The molecule has 0 unspecified atom stereocenters. The van der Waals surface area contributed by atoms with Gasteiger partial charge in [0, 0.05) is 17.7 Å². The fourth-order valence-corrected chi connectivity index (χ4v) is 2.23. The Morgan fingerprint density at radius 1 is 1.27 bits per heavy atom. The second-order valence-electron chi connectivity index (χ2n) is 4.86. The highest BCUT2D eigenvalue weighted by Gasteiger charge is 2.11. The van der Waals surface area contributed by atoms with Crippen LogP contribution in [-0.4, -0.2) is 20.7 Å². The molecule has 0 aliphatic carbocycles. The summed E-state index contributed by atoms with van der Waals surface area (Å²) < 4.78 is 7.06. The highest BCUT2D eigenvalue weighted by molar-refractivity contribution is 6.04. The predicted molar refractivity (Wildman–Crippen MR) is 82.5 cm³/mol. The molecule has 0 saturated heterocycles. The van der Waals surface area contributed by atoms with Crippen molar-refractivity contribution in [3.63, 3.8) is 0 Å². The first kappa shape index (κ1) is 14.1. The number of rotatable bonds is 4. The van der Waals surface area contributed by atoms with Gasteiger partial charge in [-0.2, -0.15) is 5.10 Å². The first-order chi connectivity index (χ1) is 10.7. The summed E-state index contributed by atoms with van der Waals surface area (Å²) in [5.74, 6) is 0.509. The third-order valence-electron chi connectivity index (χ3n) is 3.51. The Labute approximate surface area is 127 Å². The number of amides is 1. The molecule has 1 amide bonds. The maximum Gasteiger partial charge on any atom is 0.255 e. The van der Waals surface area contributed by atoms with E-state index >= 15 is 0 Å². The molecular formula is C16H16N4O2. The summed E-state index contributed by atoms with van der Waals surface area (Å²) in [6.45, 7) is 4.71. The van der Waals surface area contributed by atoms with E-state index in [4.69, 9.17) is 4.42 Å². The lowest BCUT2D eigenvalue weighted by atomic mass is 10.1. The van der Waals surface area contributed by atoms with Crippen molar-refractivity contribution in [2.75, 3.05) is 5.32 Å². The van der Waals surface area contributed by atoms with Crippen molar-refractivity contribution in [2.24, 2.45) is 0 Å². The van der Waals surface area contributed by atoms with Gasteiger partial charge in [0.25, 0.3) is 5.91 Å². The largest absolute Gasteiger partial charge is 0.444 e. The van der Waals surface area contributed by atoms with Crippen LogP contribution in [0.5, 0.6) is 0 Å². The van der Waals surface area contributed by atoms with Crippen LogP contribution in [0.1, 0.15) is 23.0 Å². The highest BCUT2D eigenvalue weighted by atomic mass is 16.3. The Morgan fingerprint density at radius 3 is 2.64 bits per heavy atom. The molecule has 3 aromatic rings. The monoisotopic (exact) mass is 296 g/mol. The van der Waals surface area contributed by atoms with E-state index in [1.54, 1.807) is 24.5 Å². The van der Waals surface area contributed by atoms with Gasteiger partial charge in [-0.15, -0.1) is 0 Å². The zero-order valence-corrected chi connectivity index (χ0v) is 12.4. The molecule has 0 spiro atoms. The number of aryl methyl sites for hydroxylation is 1. The molecule has 0 radical (unpaired) electrons. The zero-order chi connectivity index (χ0) is 15.5. The number of nitrogens with one attached hydrogen (secondary N) is 1. The van der Waals surface area contributed by atoms with Gasteiger partial charge in [0.1, 0.15) is 0 Å². The molecule has 6 nitrogen and oxygen atoms in total. The highest BCUT2D eigenvalue weighted by Crippen LogP contribution is 2.20. The summed E-state index contributed by atoms with van der Waals surface area (Å²) in [5.41, 5.74) is 3.12. The molecule has 0 atom stereocenters. The molecule has 3 rings (SSSR count). The van der Waals surface area contributed by atoms with Gasteiger partial charge in [0.2, 0.25) is 0 Å². The predicted octanol–water partition coefficient (Wildman–Crippen LogP) is 3.12. The Morgan fingerprint density at radius 2 is 2.05 bits per heavy atom. The van der Waals surface area contributed by atoms with Crippen LogP contribution in [0.15, 0.2) is 47.5 Å². The summed E-state index contributed by atoms with van der Waals surface area (Å²) in [7, 11) is 0. The van der Waals surface area contributed by atoms with Crippen LogP contribution >= 0.6 is 0 Å². The summed E-state index contributed by atoms with van der Waals surface area (Å²) in [4.78, 5) is 16.2. The first-order valence-corrected chi connectivity index (χ1v) is 7.01. The van der Waals surface area contributed by atoms with Crippen molar-refractivity contribution < 1.29 is 9.21 Å². The number of anilines is 1. The topological polar surface area (TPSA) is 73.0 Å². The zero-order valence-electron chi connectivity index (χ0n) is 12.4. The number of benzene rings is 1. The van der Waals surface area contributed by atoms with E-state index in [-0.39, 0.29) is 5.91 Å². The molecule has 1 N–H and O–H groups in total. The third-order valence-corrected chi connectivity index (χ3v) is 3.51. The Bertz CT molecular complexity index is 773. The Balaban J connectivity index is 1.76. The van der Waals surface area contributed by atoms with Gasteiger partial charge in [0.15, 0.2) is 12.2 Å². The summed E-state index contributed by atoms with van der Waals surface area (Å²) >= 11 is 0. The van der Waals surface area contributed by atoms with Crippen molar-refractivity contribution in [3.05, 3.63) is 54.3 Å². The van der Waals surface area contributed by atoms with Gasteiger partial charge in [-0.05, 0) is 26.0 Å². The molecule has 22 heavy (non-hydrogen) atoms. The van der Waals surface area contributed by atoms with Crippen molar-refractivity contribution >= 4 is 11.6 Å². The minimum Gasteiger partial charge on any atom is -0.444 e. The average Bonchev–Trinajstić information content (AvgIpc) is 3.18. The molecular weight excluding hydrogens is 280 g/mol. The van der Waals surface area contributed by atoms with Crippen molar-refractivity contribution in [2.45, 2.75) is 20.4 Å². The van der Waals surface area contributed by atoms with Gasteiger partial charge in [-0.1, -0.05) is 12.1 Å². The Hall–Kier alpha value is -2.89. The molecule has 0 bridgehead atoms. The van der Waals surface area contributed by atoms with Crippen molar-refractivity contribution in [3.8, 4) is 11.3 Å². The van der Waals surface area contributed by atoms with Crippen LogP contribution in [0, 0.1) is 6.92 Å². The lowest BCUT2D eigenvalue weighted by Crippen LogP contribution is -2.12. The van der Waals surface area contributed by atoms with Crippen LogP contribution in [0.3, 0.4) is 0 Å². The molecule has 0 fully saturated rings. The molecule has 1 aromatic carbocycles. The number of aromatic nitrogens is 3. The van der Waals surface area contributed by atoms with E-state index in [1.165, 1.54) is 6.39 Å². The molecule has 6 heteroatoms. The van der Waals surface area contributed by atoms with Crippen LogP contribution in [-0.2, 0) is 6.54 Å². The number of nitrogens with zero attached hydrogens (tertiary/aromatic N) is 3. The lowest BCUT2D eigenvalue weighted by molar-refractivity contribution is 0.102. The molecule has 0 aliphatic heterocycles. The summed E-state index contributed by atoms with van der Waals surface area (Å²) in [5, 5.41) is 7.09. The maximum atomic E-state index is 12.3. The smallest absolute Gasteiger partial charge is 0.255 e. The maximum absolute atomic E-state index is 12.3. The number of carbonyl (C=O) groups is 1. The van der Waals surface area contributed by atoms with E-state index in [2.05, 4.69) is 15.4 Å². The van der Waals surface area contributed by atoms with E-state index in [1.807, 2.05) is 30.7 Å². The minimum absolute atomic E-state index is 0.164. The molecule has 112 valence electrons. The van der Waals surface area contributed by atoms with Crippen LogP contribution in [0.25, 0.3) is 11.3 Å². The molecule has 0 aliphatic rings. The van der Waals surface area contributed by atoms with Crippen molar-refractivity contribution in [1.29, 1.82) is 0 Å². The van der Waals surface area contributed by atoms with Gasteiger partial charge < -0.3 is 9.73 Å². The van der Waals surface area contributed by atoms with Crippen LogP contribution in [0.2, 0.25) is 0 Å². The van der Waals surface area contributed by atoms with Gasteiger partial charge in [-0.25, -0.2) is 4.98 Å². The van der Waals surface area contributed by atoms with E-state index in [0.717, 1.165) is 23.5 Å². The lowest BCUT2D eigenvalue weighted by Gasteiger charge is -2.06. The van der Waals surface area contributed by atoms with E-state index in [9.17, 15) is 4.79 Å². The van der Waals surface area contributed by atoms with Gasteiger partial charge in [0.05, 0.1) is 23.8 Å². The Kier molecular flexibility index (Phi) is 3.74. The van der Waals surface area contributed by atoms with Crippen molar-refractivity contribution in [1.82, 2.24) is 14.8 Å². The van der Waals surface area contributed by atoms with E-state index < -0.39 is 0 Å². The number of hydrogen-bond acceptors (Lipinski definition) is 4. The molecule has 2 aromatic heterocycles. The number of carbonyl (C=O) groups excluding carboxylic acids is 1. The molecule has 2 heterocycles. The fourth-order valence-electron chi connectivity index (χ4n) is 2.23. The van der Waals surface area contributed by atoms with Crippen LogP contribution < -0.4 is 5.32 Å². The van der Waals surface area contributed by atoms with E-state index in [0.29, 0.717) is 11.3 Å². The normalized spacial score (nSPS) is 10.6. The minimum atomic E-state index is -0.164. The fraction of sp³-hybridized carbons (Fsp3) is 0.188. The quantitative estimate of drug-likeness (QED) is 0.802. The first-order valence-electron chi connectivity index (χ1n) is 7.01. The number of hydrogen-bond donors (Lipinski definition) is 1. The van der Waals surface area contributed by atoms with Gasteiger partial charge >= 0.3 is 0 Å².